The molecule has 0 fully saturated rings. The Labute approximate surface area is 153 Å². The van der Waals surface area contributed by atoms with Gasteiger partial charge in [-0.25, -0.2) is 9.98 Å². The Balaban J connectivity index is 1.66. The van der Waals surface area contributed by atoms with Crippen molar-refractivity contribution in [2.24, 2.45) is 12.0 Å². The van der Waals surface area contributed by atoms with Crippen LogP contribution in [0, 0.1) is 0 Å². The molecular weight excluding hydrogens is 332 g/mol. The van der Waals surface area contributed by atoms with Crippen LogP contribution in [0.15, 0.2) is 29.5 Å². The molecule has 0 saturated carbocycles. The first-order chi connectivity index (χ1) is 12.5. The lowest BCUT2D eigenvalue weighted by molar-refractivity contribution is 0.174. The summed E-state index contributed by atoms with van der Waals surface area (Å²) in [6, 6.07) is 6.10. The van der Waals surface area contributed by atoms with E-state index in [2.05, 4.69) is 45.6 Å². The molecule has 0 saturated heterocycles. The van der Waals surface area contributed by atoms with Crippen molar-refractivity contribution >= 4 is 5.96 Å². The average Bonchev–Trinajstić information content (AvgIpc) is 3.25. The molecule has 2 N–H and O–H groups in total. The van der Waals surface area contributed by atoms with Crippen molar-refractivity contribution in [3.05, 3.63) is 35.9 Å². The molecule has 0 unspecified atom stereocenters. The SMILES string of the molecule is CCNC(=NCc1ncnn1C)NCC(C)(C)c1ccc2c(c1)OCO2. The topological polar surface area (TPSA) is 85.6 Å². The van der Waals surface area contributed by atoms with Crippen molar-refractivity contribution in [2.45, 2.75) is 32.7 Å². The van der Waals surface area contributed by atoms with Gasteiger partial charge in [0.1, 0.15) is 18.7 Å². The summed E-state index contributed by atoms with van der Waals surface area (Å²) in [5.41, 5.74) is 1.07. The minimum Gasteiger partial charge on any atom is -0.454 e. The van der Waals surface area contributed by atoms with E-state index in [9.17, 15) is 0 Å². The van der Waals surface area contributed by atoms with Crippen LogP contribution in [-0.4, -0.2) is 40.6 Å². The lowest BCUT2D eigenvalue weighted by Gasteiger charge is -2.27. The predicted octanol–water partition coefficient (Wildman–Crippen LogP) is 1.58. The molecule has 8 nitrogen and oxygen atoms in total. The number of hydrogen-bond acceptors (Lipinski definition) is 5. The van der Waals surface area contributed by atoms with Gasteiger partial charge in [0.2, 0.25) is 6.79 Å². The Morgan fingerprint density at radius 1 is 1.27 bits per heavy atom. The summed E-state index contributed by atoms with van der Waals surface area (Å²) in [4.78, 5) is 8.80. The third-order valence-electron chi connectivity index (χ3n) is 4.38. The van der Waals surface area contributed by atoms with E-state index in [4.69, 9.17) is 9.47 Å². The van der Waals surface area contributed by atoms with E-state index < -0.39 is 0 Å². The molecule has 1 aromatic carbocycles. The number of nitrogens with one attached hydrogen (secondary N) is 2. The van der Waals surface area contributed by atoms with Gasteiger partial charge in [-0.1, -0.05) is 19.9 Å². The molecule has 1 aliphatic heterocycles. The standard InChI is InChI=1S/C18H26N6O2/c1-5-19-17(20-9-16-22-11-23-24(16)4)21-10-18(2,3)13-6-7-14-15(8-13)26-12-25-14/h6-8,11H,5,9-10,12H2,1-4H3,(H2,19,20,21). The van der Waals surface area contributed by atoms with Crippen LogP contribution in [0.2, 0.25) is 0 Å². The lowest BCUT2D eigenvalue weighted by Crippen LogP contribution is -2.43. The van der Waals surface area contributed by atoms with E-state index in [1.165, 1.54) is 11.9 Å². The van der Waals surface area contributed by atoms with Gasteiger partial charge in [0.25, 0.3) is 0 Å². The summed E-state index contributed by atoms with van der Waals surface area (Å²) in [5.74, 6) is 3.18. The van der Waals surface area contributed by atoms with E-state index in [1.54, 1.807) is 4.68 Å². The molecule has 26 heavy (non-hydrogen) atoms. The number of guanidine groups is 1. The highest BCUT2D eigenvalue weighted by molar-refractivity contribution is 5.79. The fourth-order valence-corrected chi connectivity index (χ4v) is 2.68. The molecule has 0 bridgehead atoms. The monoisotopic (exact) mass is 358 g/mol. The van der Waals surface area contributed by atoms with Gasteiger partial charge in [-0.2, -0.15) is 5.10 Å². The van der Waals surface area contributed by atoms with Crippen molar-refractivity contribution < 1.29 is 9.47 Å². The average molecular weight is 358 g/mol. The third kappa shape index (κ3) is 4.07. The number of hydrogen-bond donors (Lipinski definition) is 2. The number of aromatic nitrogens is 3. The molecule has 1 aromatic heterocycles. The quantitative estimate of drug-likeness (QED) is 0.602. The summed E-state index contributed by atoms with van der Waals surface area (Å²) in [7, 11) is 1.86. The Hall–Kier alpha value is -2.77. The first-order valence-electron chi connectivity index (χ1n) is 8.75. The fraction of sp³-hybridized carbons (Fsp3) is 0.500. The number of fused-ring (bicyclic) bond motifs is 1. The zero-order chi connectivity index (χ0) is 18.6. The van der Waals surface area contributed by atoms with Crippen LogP contribution in [0.1, 0.15) is 32.2 Å². The van der Waals surface area contributed by atoms with Gasteiger partial charge in [0.15, 0.2) is 17.5 Å². The molecule has 0 spiro atoms. The number of ether oxygens (including phenoxy) is 2. The Kier molecular flexibility index (Phi) is 5.29. The molecule has 8 heteroatoms. The van der Waals surface area contributed by atoms with Gasteiger partial charge < -0.3 is 20.1 Å². The van der Waals surface area contributed by atoms with E-state index in [1.807, 2.05) is 26.1 Å². The molecule has 3 rings (SSSR count). The molecule has 0 amide bonds. The zero-order valence-electron chi connectivity index (χ0n) is 15.7. The molecule has 0 radical (unpaired) electrons. The van der Waals surface area contributed by atoms with Crippen molar-refractivity contribution in [3.63, 3.8) is 0 Å². The summed E-state index contributed by atoms with van der Waals surface area (Å²) in [5, 5.41) is 10.8. The smallest absolute Gasteiger partial charge is 0.231 e. The second-order valence-electron chi connectivity index (χ2n) is 6.80. The highest BCUT2D eigenvalue weighted by Gasteiger charge is 2.24. The molecule has 140 valence electrons. The maximum absolute atomic E-state index is 5.50. The highest BCUT2D eigenvalue weighted by Crippen LogP contribution is 2.36. The number of nitrogens with zero attached hydrogens (tertiary/aromatic N) is 4. The van der Waals surface area contributed by atoms with Crippen LogP contribution < -0.4 is 20.1 Å². The second kappa shape index (κ2) is 7.63. The summed E-state index contributed by atoms with van der Waals surface area (Å²) >= 11 is 0. The normalized spacial score (nSPS) is 13.8. The van der Waals surface area contributed by atoms with Gasteiger partial charge in [-0.15, -0.1) is 0 Å². The number of aliphatic imine (C=N–C) groups is 1. The van der Waals surface area contributed by atoms with Crippen LogP contribution >= 0.6 is 0 Å². The first-order valence-corrected chi connectivity index (χ1v) is 8.75. The summed E-state index contributed by atoms with van der Waals surface area (Å²) in [6.45, 7) is 8.68. The Morgan fingerprint density at radius 3 is 2.81 bits per heavy atom. The summed E-state index contributed by atoms with van der Waals surface area (Å²) in [6.07, 6.45) is 1.54. The van der Waals surface area contributed by atoms with Gasteiger partial charge >= 0.3 is 0 Å². The molecule has 0 aliphatic carbocycles. The van der Waals surface area contributed by atoms with E-state index in [0.717, 1.165) is 36.4 Å². The fourth-order valence-electron chi connectivity index (χ4n) is 2.68. The van der Waals surface area contributed by atoms with Crippen molar-refractivity contribution in [2.75, 3.05) is 19.9 Å². The second-order valence-corrected chi connectivity index (χ2v) is 6.80. The number of aryl methyl sites for hydroxylation is 1. The van der Waals surface area contributed by atoms with E-state index in [0.29, 0.717) is 6.54 Å². The van der Waals surface area contributed by atoms with Gasteiger partial charge in [-0.3, -0.25) is 4.68 Å². The minimum atomic E-state index is -0.109. The van der Waals surface area contributed by atoms with Crippen LogP contribution in [0.5, 0.6) is 11.5 Å². The number of rotatable bonds is 6. The minimum absolute atomic E-state index is 0.109. The predicted molar refractivity (Wildman–Crippen MR) is 99.4 cm³/mol. The van der Waals surface area contributed by atoms with Gasteiger partial charge in [-0.05, 0) is 24.6 Å². The van der Waals surface area contributed by atoms with Crippen molar-refractivity contribution in [1.82, 2.24) is 25.4 Å². The molecule has 0 atom stereocenters. The van der Waals surface area contributed by atoms with Gasteiger partial charge in [0.05, 0.1) is 0 Å². The Morgan fingerprint density at radius 2 is 2.08 bits per heavy atom. The first kappa shape index (κ1) is 18.0. The lowest BCUT2D eigenvalue weighted by atomic mass is 9.84. The van der Waals surface area contributed by atoms with Crippen LogP contribution in [0.25, 0.3) is 0 Å². The summed E-state index contributed by atoms with van der Waals surface area (Å²) < 4.78 is 12.6. The largest absolute Gasteiger partial charge is 0.454 e. The van der Waals surface area contributed by atoms with E-state index >= 15 is 0 Å². The zero-order valence-corrected chi connectivity index (χ0v) is 15.7. The maximum Gasteiger partial charge on any atom is 0.231 e. The number of benzene rings is 1. The van der Waals surface area contributed by atoms with E-state index in [-0.39, 0.29) is 12.2 Å². The molecular formula is C18H26N6O2. The van der Waals surface area contributed by atoms with Crippen molar-refractivity contribution in [1.29, 1.82) is 0 Å². The molecule has 2 aromatic rings. The van der Waals surface area contributed by atoms with Crippen LogP contribution in [-0.2, 0) is 19.0 Å². The Bertz CT molecular complexity index is 784. The van der Waals surface area contributed by atoms with Crippen molar-refractivity contribution in [3.8, 4) is 11.5 Å². The van der Waals surface area contributed by atoms with Crippen LogP contribution in [0.4, 0.5) is 0 Å². The van der Waals surface area contributed by atoms with Crippen LogP contribution in [0.3, 0.4) is 0 Å². The molecule has 2 heterocycles. The maximum atomic E-state index is 5.50. The van der Waals surface area contributed by atoms with Gasteiger partial charge in [0, 0.05) is 25.6 Å². The highest BCUT2D eigenvalue weighted by atomic mass is 16.7. The molecule has 1 aliphatic rings. The third-order valence-corrected chi connectivity index (χ3v) is 4.38.